The van der Waals surface area contributed by atoms with Gasteiger partial charge in [0.2, 0.25) is 0 Å². The van der Waals surface area contributed by atoms with Crippen molar-refractivity contribution in [2.24, 2.45) is 13.0 Å². The van der Waals surface area contributed by atoms with Crippen LogP contribution in [0.5, 0.6) is 5.75 Å². The van der Waals surface area contributed by atoms with Gasteiger partial charge in [-0.1, -0.05) is 0 Å². The molecule has 0 aliphatic carbocycles. The van der Waals surface area contributed by atoms with Crippen LogP contribution in [0.1, 0.15) is 19.8 Å². The summed E-state index contributed by atoms with van der Waals surface area (Å²) in [6, 6.07) is 10.9. The first-order valence-corrected chi connectivity index (χ1v) is 12.4. The Hall–Kier alpha value is -4.11. The van der Waals surface area contributed by atoms with Crippen molar-refractivity contribution in [3.05, 3.63) is 67.1 Å². The molecule has 1 atom stereocenters. The highest BCUT2D eigenvalue weighted by molar-refractivity contribution is 5.99. The maximum absolute atomic E-state index is 15.4. The molecule has 0 bridgehead atoms. The first kappa shape index (κ1) is 23.3. The molecule has 1 fully saturated rings. The van der Waals surface area contributed by atoms with Gasteiger partial charge in [-0.3, -0.25) is 9.67 Å². The van der Waals surface area contributed by atoms with Crippen LogP contribution < -0.4 is 10.1 Å². The third-order valence-electron chi connectivity index (χ3n) is 6.96. The van der Waals surface area contributed by atoms with Crippen LogP contribution in [-0.4, -0.2) is 44.1 Å². The summed E-state index contributed by atoms with van der Waals surface area (Å²) in [7, 11) is 1.88. The molecule has 1 saturated heterocycles. The lowest BCUT2D eigenvalue weighted by atomic mass is 9.95. The van der Waals surface area contributed by atoms with Gasteiger partial charge in [0.25, 0.3) is 0 Å². The molecule has 2 aromatic carbocycles. The fourth-order valence-corrected chi connectivity index (χ4v) is 4.90. The van der Waals surface area contributed by atoms with Crippen LogP contribution in [0.3, 0.4) is 0 Å². The maximum atomic E-state index is 15.4. The number of aromatic nitrogens is 5. The van der Waals surface area contributed by atoms with E-state index in [4.69, 9.17) is 9.47 Å². The maximum Gasteiger partial charge on any atom is 0.156 e. The zero-order valence-corrected chi connectivity index (χ0v) is 20.7. The minimum Gasteiger partial charge on any atom is -0.490 e. The van der Waals surface area contributed by atoms with E-state index in [2.05, 4.69) is 32.3 Å². The second kappa shape index (κ2) is 9.74. The van der Waals surface area contributed by atoms with E-state index in [0.717, 1.165) is 37.2 Å². The number of aryl methyl sites for hydroxylation is 1. The molecule has 1 aliphatic rings. The highest BCUT2D eigenvalue weighted by Gasteiger charge is 2.24. The van der Waals surface area contributed by atoms with Crippen LogP contribution in [0.4, 0.5) is 15.9 Å². The lowest BCUT2D eigenvalue weighted by Crippen LogP contribution is -2.29. The topological polar surface area (TPSA) is 87.0 Å². The van der Waals surface area contributed by atoms with E-state index in [-0.39, 0.29) is 11.9 Å². The summed E-state index contributed by atoms with van der Waals surface area (Å²) >= 11 is 0. The number of pyridine rings is 1. The molecule has 1 N–H and O–H groups in total. The molecule has 3 aromatic heterocycles. The SMILES string of the molecule is C[C@H](Oc1cc(-c2cnn(C)c2)cc2ncnc(Nc3ccc4ncccc4c3F)c12)C1CCOCC1. The zero-order chi connectivity index (χ0) is 25.4. The number of anilines is 2. The molecular weight excluding hydrogens is 471 g/mol. The molecule has 0 saturated carbocycles. The lowest BCUT2D eigenvalue weighted by molar-refractivity contribution is 0.0244. The number of hydrogen-bond acceptors (Lipinski definition) is 7. The van der Waals surface area contributed by atoms with Crippen LogP contribution >= 0.6 is 0 Å². The number of halogens is 1. The van der Waals surface area contributed by atoms with Crippen molar-refractivity contribution in [3.63, 3.8) is 0 Å². The Kier molecular flexibility index (Phi) is 6.13. The fraction of sp³-hybridized carbons (Fsp3) is 0.286. The van der Waals surface area contributed by atoms with E-state index in [0.29, 0.717) is 45.0 Å². The molecule has 0 unspecified atom stereocenters. The Morgan fingerprint density at radius 3 is 2.76 bits per heavy atom. The second-order valence-electron chi connectivity index (χ2n) is 9.39. The fourth-order valence-electron chi connectivity index (χ4n) is 4.90. The molecule has 0 amide bonds. The number of ether oxygens (including phenoxy) is 2. The highest BCUT2D eigenvalue weighted by Crippen LogP contribution is 2.38. The molecule has 0 spiro atoms. The van der Waals surface area contributed by atoms with Gasteiger partial charge in [0.05, 0.1) is 34.4 Å². The zero-order valence-electron chi connectivity index (χ0n) is 20.7. The standard InChI is InChI=1S/C28H27FN6O2/c1-17(18-7-10-36-11-8-18)37-25-13-19(20-14-33-35(2)15-20)12-24-26(25)28(32-16-31-24)34-23-6-5-22-21(27(23)29)4-3-9-30-22/h3-6,9,12-18H,7-8,10-11H2,1-2H3,(H,31,32,34)/t17-/m0/s1. The van der Waals surface area contributed by atoms with Crippen molar-refractivity contribution >= 4 is 33.3 Å². The predicted molar refractivity (Wildman–Crippen MR) is 140 cm³/mol. The minimum atomic E-state index is -0.387. The van der Waals surface area contributed by atoms with Crippen molar-refractivity contribution < 1.29 is 13.9 Å². The number of hydrogen-bond donors (Lipinski definition) is 1. The van der Waals surface area contributed by atoms with Crippen molar-refractivity contribution in [2.45, 2.75) is 25.9 Å². The number of nitrogens with one attached hydrogen (secondary N) is 1. The van der Waals surface area contributed by atoms with Crippen molar-refractivity contribution in [1.29, 1.82) is 0 Å². The van der Waals surface area contributed by atoms with E-state index in [1.165, 1.54) is 6.33 Å². The van der Waals surface area contributed by atoms with E-state index in [1.807, 2.05) is 31.6 Å². The molecule has 8 nitrogen and oxygen atoms in total. The normalized spacial score (nSPS) is 15.2. The summed E-state index contributed by atoms with van der Waals surface area (Å²) in [5.41, 5.74) is 3.47. The van der Waals surface area contributed by atoms with Crippen LogP contribution in [0.2, 0.25) is 0 Å². The van der Waals surface area contributed by atoms with Crippen LogP contribution in [0.15, 0.2) is 61.3 Å². The molecule has 1 aliphatic heterocycles. The monoisotopic (exact) mass is 498 g/mol. The predicted octanol–water partition coefficient (Wildman–Crippen LogP) is 5.66. The third-order valence-corrected chi connectivity index (χ3v) is 6.96. The molecule has 9 heteroatoms. The summed E-state index contributed by atoms with van der Waals surface area (Å²) in [6.45, 7) is 3.56. The van der Waals surface area contributed by atoms with Gasteiger partial charge in [0, 0.05) is 43.6 Å². The van der Waals surface area contributed by atoms with Gasteiger partial charge in [-0.2, -0.15) is 5.10 Å². The van der Waals surface area contributed by atoms with Gasteiger partial charge in [-0.25, -0.2) is 14.4 Å². The number of fused-ring (bicyclic) bond motifs is 2. The van der Waals surface area contributed by atoms with Crippen LogP contribution in [0, 0.1) is 11.7 Å². The number of nitrogens with zero attached hydrogens (tertiary/aromatic N) is 5. The van der Waals surface area contributed by atoms with Gasteiger partial charge in [-0.05, 0) is 67.6 Å². The average Bonchev–Trinajstić information content (AvgIpc) is 3.37. The van der Waals surface area contributed by atoms with Gasteiger partial charge in [0.1, 0.15) is 17.9 Å². The van der Waals surface area contributed by atoms with E-state index < -0.39 is 0 Å². The van der Waals surface area contributed by atoms with Crippen LogP contribution in [0.25, 0.3) is 32.9 Å². The quantitative estimate of drug-likeness (QED) is 0.323. The van der Waals surface area contributed by atoms with Crippen molar-refractivity contribution in [2.75, 3.05) is 18.5 Å². The summed E-state index contributed by atoms with van der Waals surface area (Å²) < 4.78 is 29.3. The first-order chi connectivity index (χ1) is 18.1. The molecule has 37 heavy (non-hydrogen) atoms. The summed E-state index contributed by atoms with van der Waals surface area (Å²) in [5, 5.41) is 8.64. The van der Waals surface area contributed by atoms with Gasteiger partial charge < -0.3 is 14.8 Å². The van der Waals surface area contributed by atoms with Crippen LogP contribution in [-0.2, 0) is 11.8 Å². The van der Waals surface area contributed by atoms with E-state index in [9.17, 15) is 0 Å². The summed E-state index contributed by atoms with van der Waals surface area (Å²) in [6.07, 6.45) is 8.73. The largest absolute Gasteiger partial charge is 0.490 e. The average molecular weight is 499 g/mol. The van der Waals surface area contributed by atoms with Crippen molar-refractivity contribution in [3.8, 4) is 16.9 Å². The minimum absolute atomic E-state index is 0.0483. The Morgan fingerprint density at radius 1 is 1.08 bits per heavy atom. The summed E-state index contributed by atoms with van der Waals surface area (Å²) in [4.78, 5) is 13.3. The second-order valence-corrected chi connectivity index (χ2v) is 9.39. The molecule has 5 aromatic rings. The Bertz CT molecular complexity index is 1580. The molecule has 188 valence electrons. The van der Waals surface area contributed by atoms with E-state index >= 15 is 4.39 Å². The van der Waals surface area contributed by atoms with E-state index in [1.54, 1.807) is 35.1 Å². The Balaban J connectivity index is 1.45. The smallest absolute Gasteiger partial charge is 0.156 e. The van der Waals surface area contributed by atoms with Gasteiger partial charge in [0.15, 0.2) is 5.82 Å². The molecular formula is C28H27FN6O2. The summed E-state index contributed by atoms with van der Waals surface area (Å²) in [5.74, 6) is 1.10. The number of benzene rings is 2. The molecule has 0 radical (unpaired) electrons. The molecule has 6 rings (SSSR count). The Morgan fingerprint density at radius 2 is 1.95 bits per heavy atom. The first-order valence-electron chi connectivity index (χ1n) is 12.4. The Labute approximate surface area is 213 Å². The lowest BCUT2D eigenvalue weighted by Gasteiger charge is -2.29. The highest BCUT2D eigenvalue weighted by atomic mass is 19.1. The third kappa shape index (κ3) is 4.58. The molecule has 4 heterocycles. The van der Waals surface area contributed by atoms with Gasteiger partial charge in [-0.15, -0.1) is 0 Å². The van der Waals surface area contributed by atoms with Crippen molar-refractivity contribution in [1.82, 2.24) is 24.7 Å². The number of rotatable bonds is 6. The van der Waals surface area contributed by atoms with Gasteiger partial charge >= 0.3 is 0 Å².